The molecule has 5 aromatic rings. The maximum absolute atomic E-state index is 13.1. The molecule has 0 radical (unpaired) electrons. The topological polar surface area (TPSA) is 124 Å². The van der Waals surface area contributed by atoms with Gasteiger partial charge in [-0.05, 0) is 75.1 Å². The van der Waals surface area contributed by atoms with Gasteiger partial charge in [0.05, 0.1) is 29.9 Å². The van der Waals surface area contributed by atoms with Crippen LogP contribution in [0.4, 0.5) is 11.5 Å². The van der Waals surface area contributed by atoms with E-state index in [0.29, 0.717) is 5.56 Å². The van der Waals surface area contributed by atoms with E-state index in [-0.39, 0.29) is 11.4 Å². The van der Waals surface area contributed by atoms with Crippen LogP contribution >= 0.6 is 0 Å². The van der Waals surface area contributed by atoms with Gasteiger partial charge in [0.1, 0.15) is 11.4 Å². The summed E-state index contributed by atoms with van der Waals surface area (Å²) in [5, 5.41) is 6.26. The number of carbonyl (C=O) groups excluding carboxylic acids is 2. The zero-order valence-corrected chi connectivity index (χ0v) is 25.4. The highest BCUT2D eigenvalue weighted by atomic mass is 16.5. The lowest BCUT2D eigenvalue weighted by molar-refractivity contribution is -0.146. The Morgan fingerprint density at radius 1 is 0.956 bits per heavy atom. The van der Waals surface area contributed by atoms with Gasteiger partial charge in [0.15, 0.2) is 5.82 Å². The first kappa shape index (κ1) is 28.5. The predicted octanol–water partition coefficient (Wildman–Crippen LogP) is 6.34. The number of rotatable bonds is 6. The third kappa shape index (κ3) is 4.85. The van der Waals surface area contributed by atoms with Crippen molar-refractivity contribution in [3.63, 3.8) is 0 Å². The molecular weight excluding hydrogens is 564 g/mol. The highest BCUT2D eigenvalue weighted by Crippen LogP contribution is 2.45. The van der Waals surface area contributed by atoms with Crippen LogP contribution in [0.3, 0.4) is 0 Å². The minimum atomic E-state index is -1.17. The Labute approximate surface area is 261 Å². The van der Waals surface area contributed by atoms with Gasteiger partial charge in [-0.3, -0.25) is 9.36 Å². The Kier molecular flexibility index (Phi) is 6.78. The Balaban J connectivity index is 1.38. The molecule has 226 valence electrons. The van der Waals surface area contributed by atoms with Crippen LogP contribution in [0.25, 0.3) is 39.6 Å². The minimum absolute atomic E-state index is 0.270. The number of anilines is 2. The number of benzene rings is 3. The van der Waals surface area contributed by atoms with Crippen LogP contribution in [0.5, 0.6) is 0 Å². The van der Waals surface area contributed by atoms with Gasteiger partial charge >= 0.3 is 5.97 Å². The molecule has 0 saturated heterocycles. The summed E-state index contributed by atoms with van der Waals surface area (Å²) < 4.78 is 7.00. The van der Waals surface area contributed by atoms with Gasteiger partial charge in [-0.1, -0.05) is 48.5 Å². The zero-order chi connectivity index (χ0) is 31.3. The molecule has 7 rings (SSSR count). The van der Waals surface area contributed by atoms with Crippen LogP contribution in [0.2, 0.25) is 0 Å². The van der Waals surface area contributed by atoms with Gasteiger partial charge in [0, 0.05) is 34.0 Å². The Hall–Kier alpha value is -5.28. The molecule has 4 N–H and O–H groups in total. The van der Waals surface area contributed by atoms with E-state index in [1.807, 2.05) is 42.5 Å². The molecule has 1 aliphatic heterocycles. The Morgan fingerprint density at radius 3 is 2.36 bits per heavy atom. The lowest BCUT2D eigenvalue weighted by Gasteiger charge is -2.38. The number of nitrogens with two attached hydrogens (primary N) is 1. The summed E-state index contributed by atoms with van der Waals surface area (Å²) in [7, 11) is 1.30. The van der Waals surface area contributed by atoms with Crippen molar-refractivity contribution in [1.29, 1.82) is 0 Å². The number of methoxy groups -OCH3 is 1. The number of fused-ring (bicyclic) bond motifs is 5. The maximum Gasteiger partial charge on any atom is 0.330 e. The quantitative estimate of drug-likeness (QED) is 0.191. The number of nitrogens with zero attached hydrogens (tertiary/aromatic N) is 3. The molecule has 2 aliphatic rings. The van der Waals surface area contributed by atoms with Gasteiger partial charge < -0.3 is 21.1 Å². The van der Waals surface area contributed by atoms with Gasteiger partial charge in [-0.25, -0.2) is 14.8 Å². The predicted molar refractivity (Wildman–Crippen MR) is 174 cm³/mol. The maximum atomic E-state index is 13.1. The van der Waals surface area contributed by atoms with Crippen molar-refractivity contribution in [3.05, 3.63) is 102 Å². The molecule has 0 unspecified atom stereocenters. The Bertz CT molecular complexity index is 1940. The summed E-state index contributed by atoms with van der Waals surface area (Å²) in [6.45, 7) is 3.22. The van der Waals surface area contributed by atoms with E-state index in [1.165, 1.54) is 7.11 Å². The lowest BCUT2D eigenvalue weighted by atomic mass is 9.72. The fourth-order valence-corrected chi connectivity index (χ4v) is 6.14. The zero-order valence-electron chi connectivity index (χ0n) is 25.4. The number of carbonyl (C=O) groups is 2. The summed E-state index contributed by atoms with van der Waals surface area (Å²) in [6.07, 6.45) is 4.88. The molecule has 1 fully saturated rings. The number of aromatic nitrogens is 3. The van der Waals surface area contributed by atoms with Crippen molar-refractivity contribution in [2.45, 2.75) is 44.2 Å². The van der Waals surface area contributed by atoms with Gasteiger partial charge in [0.2, 0.25) is 0 Å². The first-order valence-corrected chi connectivity index (χ1v) is 15.0. The number of nitrogens with one attached hydrogen (secondary N) is 2. The number of hydrogen-bond donors (Lipinski definition) is 3. The van der Waals surface area contributed by atoms with E-state index < -0.39 is 11.5 Å². The lowest BCUT2D eigenvalue weighted by Crippen LogP contribution is -2.50. The summed E-state index contributed by atoms with van der Waals surface area (Å²) in [5.41, 5.74) is 13.0. The summed E-state index contributed by atoms with van der Waals surface area (Å²) in [6, 6.07) is 27.8. The number of pyridine rings is 1. The molecule has 1 amide bonds. The standard InChI is InChI=1S/C36H34N6O3/c1-35(2,34(44)45-3)41-33(43)24-13-11-22(12-14-24)29-30(23-15-17-25(18-16-23)36(37)19-7-20-36)42-28-10-6-21-38-31(28)39-27-9-5-4-8-26(27)32(42)40-29/h4-6,8-18,21H,7,19-20,37H2,1-3H3,(H,38,39)(H,41,43). The largest absolute Gasteiger partial charge is 0.467 e. The molecule has 3 heterocycles. The molecular formula is C36H34N6O3. The highest BCUT2D eigenvalue weighted by molar-refractivity contribution is 5.98. The van der Waals surface area contributed by atoms with Crippen molar-refractivity contribution < 1.29 is 14.3 Å². The summed E-state index contributed by atoms with van der Waals surface area (Å²) in [5.74, 6) is 0.598. The van der Waals surface area contributed by atoms with Gasteiger partial charge in [-0.2, -0.15) is 0 Å². The number of amides is 1. The van der Waals surface area contributed by atoms with Crippen molar-refractivity contribution in [1.82, 2.24) is 19.9 Å². The molecule has 0 bridgehead atoms. The second-order valence-electron chi connectivity index (χ2n) is 12.2. The van der Waals surface area contributed by atoms with E-state index in [2.05, 4.69) is 50.5 Å². The molecule has 0 atom stereocenters. The van der Waals surface area contributed by atoms with Gasteiger partial charge in [-0.15, -0.1) is 0 Å². The van der Waals surface area contributed by atoms with Gasteiger partial charge in [0.25, 0.3) is 5.91 Å². The molecule has 45 heavy (non-hydrogen) atoms. The third-order valence-corrected chi connectivity index (χ3v) is 8.85. The van der Waals surface area contributed by atoms with Crippen LogP contribution in [0.15, 0.2) is 91.1 Å². The molecule has 2 aromatic heterocycles. The molecule has 0 spiro atoms. The fourth-order valence-electron chi connectivity index (χ4n) is 6.14. The molecule has 9 heteroatoms. The molecule has 1 saturated carbocycles. The van der Waals surface area contributed by atoms with Crippen LogP contribution in [0, 0.1) is 0 Å². The average Bonchev–Trinajstić information content (AvgIpc) is 3.37. The van der Waals surface area contributed by atoms with E-state index in [0.717, 1.165) is 75.9 Å². The average molecular weight is 599 g/mol. The second-order valence-corrected chi connectivity index (χ2v) is 12.2. The summed E-state index contributed by atoms with van der Waals surface area (Å²) >= 11 is 0. The molecule has 1 aliphatic carbocycles. The number of imidazole rings is 1. The first-order chi connectivity index (χ1) is 21.7. The van der Waals surface area contributed by atoms with Crippen molar-refractivity contribution in [3.8, 4) is 39.6 Å². The van der Waals surface area contributed by atoms with Crippen LogP contribution < -0.4 is 16.4 Å². The van der Waals surface area contributed by atoms with Crippen LogP contribution in [0.1, 0.15) is 49.0 Å². The van der Waals surface area contributed by atoms with E-state index in [9.17, 15) is 9.59 Å². The van der Waals surface area contributed by atoms with Crippen molar-refractivity contribution >= 4 is 23.4 Å². The smallest absolute Gasteiger partial charge is 0.330 e. The van der Waals surface area contributed by atoms with Crippen molar-refractivity contribution in [2.75, 3.05) is 12.4 Å². The molecule has 3 aromatic carbocycles. The minimum Gasteiger partial charge on any atom is -0.467 e. The number of para-hydroxylation sites is 1. The van der Waals surface area contributed by atoms with E-state index in [4.69, 9.17) is 15.5 Å². The Morgan fingerprint density at radius 2 is 1.67 bits per heavy atom. The summed E-state index contributed by atoms with van der Waals surface area (Å²) in [4.78, 5) is 35.2. The van der Waals surface area contributed by atoms with E-state index >= 15 is 0 Å². The molecule has 9 nitrogen and oxygen atoms in total. The van der Waals surface area contributed by atoms with Crippen molar-refractivity contribution in [2.24, 2.45) is 5.73 Å². The normalized spacial score (nSPS) is 14.5. The highest BCUT2D eigenvalue weighted by Gasteiger charge is 2.35. The number of ether oxygens (including phenoxy) is 1. The first-order valence-electron chi connectivity index (χ1n) is 15.0. The second kappa shape index (κ2) is 10.7. The number of hydrogen-bond acceptors (Lipinski definition) is 7. The van der Waals surface area contributed by atoms with Crippen LogP contribution in [-0.2, 0) is 15.1 Å². The number of esters is 1. The third-order valence-electron chi connectivity index (χ3n) is 8.85. The van der Waals surface area contributed by atoms with Crippen LogP contribution in [-0.4, -0.2) is 39.1 Å². The SMILES string of the molecule is COC(=O)C(C)(C)NC(=O)c1ccc(-c2nc3n(c2-c2ccc(C4(N)CCC4)cc2)-c2cccnc2Nc2ccccc2-3)cc1. The van der Waals surface area contributed by atoms with E-state index in [1.54, 1.807) is 32.2 Å². The fraction of sp³-hybridized carbons (Fsp3) is 0.222. The monoisotopic (exact) mass is 598 g/mol.